The second-order valence-corrected chi connectivity index (χ2v) is 6.78. The lowest BCUT2D eigenvalue weighted by Crippen LogP contribution is -2.18. The molecule has 0 aliphatic carbocycles. The van der Waals surface area contributed by atoms with Gasteiger partial charge in [-0.15, -0.1) is 0 Å². The minimum atomic E-state index is -0.428. The number of esters is 1. The molecule has 1 N–H and O–H groups in total. The van der Waals surface area contributed by atoms with Gasteiger partial charge in [-0.3, -0.25) is 4.79 Å². The number of halogens is 1. The van der Waals surface area contributed by atoms with E-state index in [0.717, 1.165) is 10.0 Å². The van der Waals surface area contributed by atoms with Crippen LogP contribution in [0.15, 0.2) is 82.4 Å². The van der Waals surface area contributed by atoms with Gasteiger partial charge in [0.1, 0.15) is 11.5 Å². The molecule has 0 spiro atoms. The Morgan fingerprint density at radius 2 is 1.72 bits per heavy atom. The summed E-state index contributed by atoms with van der Waals surface area (Å²) in [6.45, 7) is 0. The Morgan fingerprint density at radius 3 is 2.41 bits per heavy atom. The van der Waals surface area contributed by atoms with E-state index in [9.17, 15) is 9.59 Å². The summed E-state index contributed by atoms with van der Waals surface area (Å²) in [6, 6.07) is 20.6. The molecule has 0 saturated heterocycles. The standard InChI is InChI=1S/C22H17BrN2O4/c1-28-20-12-9-17(23)13-19(20)21(26)25-24-14-15-7-10-18(11-8-15)29-22(27)16-5-3-2-4-6-16/h2-14H,1H3,(H,25,26)/b24-14-. The third-order valence-corrected chi connectivity index (χ3v) is 4.38. The van der Waals surface area contributed by atoms with Crippen molar-refractivity contribution in [2.75, 3.05) is 7.11 Å². The van der Waals surface area contributed by atoms with Gasteiger partial charge in [0.25, 0.3) is 5.91 Å². The number of hydrogen-bond donors (Lipinski definition) is 1. The molecule has 6 nitrogen and oxygen atoms in total. The van der Waals surface area contributed by atoms with Crippen LogP contribution in [0.1, 0.15) is 26.3 Å². The molecule has 29 heavy (non-hydrogen) atoms. The Morgan fingerprint density at radius 1 is 1.00 bits per heavy atom. The second-order valence-electron chi connectivity index (χ2n) is 5.87. The number of benzene rings is 3. The first-order chi connectivity index (χ1) is 14.1. The van der Waals surface area contributed by atoms with Crippen molar-refractivity contribution in [2.24, 2.45) is 5.10 Å². The molecule has 0 radical (unpaired) electrons. The molecule has 0 bridgehead atoms. The predicted molar refractivity (Wildman–Crippen MR) is 114 cm³/mol. The number of nitrogens with zero attached hydrogens (tertiary/aromatic N) is 1. The van der Waals surface area contributed by atoms with Crippen LogP contribution < -0.4 is 14.9 Å². The van der Waals surface area contributed by atoms with Crippen molar-refractivity contribution < 1.29 is 19.1 Å². The zero-order valence-electron chi connectivity index (χ0n) is 15.5. The normalized spacial score (nSPS) is 10.6. The van der Waals surface area contributed by atoms with Gasteiger partial charge >= 0.3 is 5.97 Å². The first kappa shape index (κ1) is 20.3. The van der Waals surface area contributed by atoms with Crippen molar-refractivity contribution >= 4 is 34.0 Å². The number of rotatable bonds is 6. The Bertz CT molecular complexity index is 1030. The van der Waals surface area contributed by atoms with E-state index in [0.29, 0.717) is 22.6 Å². The first-order valence-electron chi connectivity index (χ1n) is 8.61. The molecule has 0 aliphatic rings. The molecule has 0 aliphatic heterocycles. The van der Waals surface area contributed by atoms with Crippen molar-refractivity contribution in [3.05, 3.63) is 94.0 Å². The summed E-state index contributed by atoms with van der Waals surface area (Å²) in [6.07, 6.45) is 1.49. The van der Waals surface area contributed by atoms with Gasteiger partial charge in [0.2, 0.25) is 0 Å². The van der Waals surface area contributed by atoms with Gasteiger partial charge in [-0.1, -0.05) is 34.1 Å². The molecular weight excluding hydrogens is 436 g/mol. The van der Waals surface area contributed by atoms with E-state index in [4.69, 9.17) is 9.47 Å². The molecule has 0 unspecified atom stereocenters. The van der Waals surface area contributed by atoms with Crippen LogP contribution in [0, 0.1) is 0 Å². The van der Waals surface area contributed by atoms with Gasteiger partial charge in [-0.05, 0) is 60.2 Å². The number of hydrogen-bond acceptors (Lipinski definition) is 5. The third-order valence-electron chi connectivity index (χ3n) is 3.89. The van der Waals surface area contributed by atoms with Crippen molar-refractivity contribution in [3.8, 4) is 11.5 Å². The summed E-state index contributed by atoms with van der Waals surface area (Å²) in [5.41, 5.74) is 4.03. The molecule has 3 aromatic carbocycles. The smallest absolute Gasteiger partial charge is 0.343 e. The average Bonchev–Trinajstić information content (AvgIpc) is 2.75. The summed E-state index contributed by atoms with van der Waals surface area (Å²) in [5, 5.41) is 3.96. The monoisotopic (exact) mass is 452 g/mol. The summed E-state index contributed by atoms with van der Waals surface area (Å²) < 4.78 is 11.3. The predicted octanol–water partition coefficient (Wildman–Crippen LogP) is 4.44. The second kappa shape index (κ2) is 9.66. The van der Waals surface area contributed by atoms with Crippen LogP contribution in [0.4, 0.5) is 0 Å². The maximum Gasteiger partial charge on any atom is 0.343 e. The highest BCUT2D eigenvalue weighted by Gasteiger charge is 2.12. The lowest BCUT2D eigenvalue weighted by Gasteiger charge is -2.07. The van der Waals surface area contributed by atoms with E-state index in [1.54, 1.807) is 66.7 Å². The van der Waals surface area contributed by atoms with E-state index in [1.807, 2.05) is 6.07 Å². The van der Waals surface area contributed by atoms with E-state index in [2.05, 4.69) is 26.5 Å². The van der Waals surface area contributed by atoms with E-state index >= 15 is 0 Å². The van der Waals surface area contributed by atoms with Gasteiger partial charge in [0, 0.05) is 4.47 Å². The molecule has 7 heteroatoms. The quantitative estimate of drug-likeness (QED) is 0.259. The van der Waals surface area contributed by atoms with Crippen LogP contribution in [0.3, 0.4) is 0 Å². The number of nitrogens with one attached hydrogen (secondary N) is 1. The highest BCUT2D eigenvalue weighted by molar-refractivity contribution is 9.10. The van der Waals surface area contributed by atoms with Crippen molar-refractivity contribution in [3.63, 3.8) is 0 Å². The molecule has 146 valence electrons. The first-order valence-corrected chi connectivity index (χ1v) is 9.40. The van der Waals surface area contributed by atoms with Crippen LogP contribution >= 0.6 is 15.9 Å². The summed E-state index contributed by atoms with van der Waals surface area (Å²) in [5.74, 6) is 0.0412. The molecule has 1 amide bonds. The van der Waals surface area contributed by atoms with Crippen LogP contribution in [-0.2, 0) is 0 Å². The minimum Gasteiger partial charge on any atom is -0.496 e. The van der Waals surface area contributed by atoms with Crippen molar-refractivity contribution in [2.45, 2.75) is 0 Å². The van der Waals surface area contributed by atoms with Gasteiger partial charge in [-0.25, -0.2) is 10.2 Å². The Labute approximate surface area is 176 Å². The molecular formula is C22H17BrN2O4. The lowest BCUT2D eigenvalue weighted by atomic mass is 10.2. The maximum atomic E-state index is 12.3. The van der Waals surface area contributed by atoms with Crippen LogP contribution in [0.25, 0.3) is 0 Å². The van der Waals surface area contributed by atoms with Gasteiger partial charge in [0.05, 0.1) is 24.5 Å². The molecule has 0 atom stereocenters. The molecule has 0 aromatic heterocycles. The number of carbonyl (C=O) groups excluding carboxylic acids is 2. The average molecular weight is 453 g/mol. The Balaban J connectivity index is 1.60. The Hall–Kier alpha value is -3.45. The minimum absolute atomic E-state index is 0.363. The number of carbonyl (C=O) groups is 2. The molecule has 0 fully saturated rings. The maximum absolute atomic E-state index is 12.3. The fraction of sp³-hybridized carbons (Fsp3) is 0.0455. The van der Waals surface area contributed by atoms with Crippen LogP contribution in [0.2, 0.25) is 0 Å². The molecule has 0 saturated carbocycles. The van der Waals surface area contributed by atoms with E-state index < -0.39 is 11.9 Å². The fourth-order valence-electron chi connectivity index (χ4n) is 2.45. The topological polar surface area (TPSA) is 77.0 Å². The van der Waals surface area contributed by atoms with Crippen molar-refractivity contribution in [1.82, 2.24) is 5.43 Å². The summed E-state index contributed by atoms with van der Waals surface area (Å²) >= 11 is 3.33. The SMILES string of the molecule is COc1ccc(Br)cc1C(=O)N/N=C\c1ccc(OC(=O)c2ccccc2)cc1. The Kier molecular flexibility index (Phi) is 6.76. The number of hydrazone groups is 1. The largest absolute Gasteiger partial charge is 0.496 e. The highest BCUT2D eigenvalue weighted by atomic mass is 79.9. The van der Waals surface area contributed by atoms with E-state index in [-0.39, 0.29) is 0 Å². The number of amides is 1. The van der Waals surface area contributed by atoms with Gasteiger partial charge in [-0.2, -0.15) is 5.10 Å². The molecule has 3 aromatic rings. The van der Waals surface area contributed by atoms with Crippen molar-refractivity contribution in [1.29, 1.82) is 0 Å². The number of ether oxygens (including phenoxy) is 2. The zero-order chi connectivity index (χ0) is 20.6. The zero-order valence-corrected chi connectivity index (χ0v) is 17.0. The van der Waals surface area contributed by atoms with Gasteiger partial charge < -0.3 is 9.47 Å². The fourth-order valence-corrected chi connectivity index (χ4v) is 2.81. The lowest BCUT2D eigenvalue weighted by molar-refractivity contribution is 0.0734. The number of methoxy groups -OCH3 is 1. The highest BCUT2D eigenvalue weighted by Crippen LogP contribution is 2.22. The molecule has 0 heterocycles. The molecule has 3 rings (SSSR count). The van der Waals surface area contributed by atoms with Crippen LogP contribution in [0.5, 0.6) is 11.5 Å². The van der Waals surface area contributed by atoms with E-state index in [1.165, 1.54) is 13.3 Å². The third kappa shape index (κ3) is 5.52. The summed E-state index contributed by atoms with van der Waals surface area (Å²) in [7, 11) is 1.50. The van der Waals surface area contributed by atoms with Gasteiger partial charge in [0.15, 0.2) is 0 Å². The van der Waals surface area contributed by atoms with Crippen LogP contribution in [-0.4, -0.2) is 25.2 Å². The summed E-state index contributed by atoms with van der Waals surface area (Å²) in [4.78, 5) is 24.3.